The zero-order chi connectivity index (χ0) is 20.5. The highest BCUT2D eigenvalue weighted by Crippen LogP contribution is 2.28. The number of nitrogens with zero attached hydrogens (tertiary/aromatic N) is 4. The van der Waals surface area contributed by atoms with Crippen molar-refractivity contribution >= 4 is 23.6 Å². The molecule has 29 heavy (non-hydrogen) atoms. The normalized spacial score (nSPS) is 15.4. The van der Waals surface area contributed by atoms with E-state index in [1.807, 2.05) is 26.0 Å². The number of thioether (sulfide) groups is 1. The molecule has 9 heteroatoms. The van der Waals surface area contributed by atoms with Crippen molar-refractivity contribution in [2.24, 2.45) is 0 Å². The van der Waals surface area contributed by atoms with E-state index in [2.05, 4.69) is 25.0 Å². The first-order chi connectivity index (χ1) is 14.2. The van der Waals surface area contributed by atoms with Crippen LogP contribution in [0.3, 0.4) is 0 Å². The zero-order valence-corrected chi connectivity index (χ0v) is 18.1. The third kappa shape index (κ3) is 6.24. The third-order valence-electron chi connectivity index (χ3n) is 4.85. The molecular formula is C20H31N5O3S. The van der Waals surface area contributed by atoms with E-state index >= 15 is 0 Å². The van der Waals surface area contributed by atoms with Crippen LogP contribution >= 0.6 is 11.8 Å². The monoisotopic (exact) mass is 421 g/mol. The number of hydrogen-bond donors (Lipinski definition) is 1. The van der Waals surface area contributed by atoms with Gasteiger partial charge < -0.3 is 19.4 Å². The average Bonchev–Trinajstić information content (AvgIpc) is 3.39. The summed E-state index contributed by atoms with van der Waals surface area (Å²) in [5, 5.41) is 12.3. The number of nitrogens with one attached hydrogen (secondary N) is 1. The van der Waals surface area contributed by atoms with Crippen LogP contribution in [0.1, 0.15) is 45.3 Å². The molecule has 1 amide bonds. The predicted molar refractivity (Wildman–Crippen MR) is 113 cm³/mol. The van der Waals surface area contributed by atoms with Crippen LogP contribution in [0, 0.1) is 0 Å². The molecule has 8 nitrogen and oxygen atoms in total. The van der Waals surface area contributed by atoms with Gasteiger partial charge in [0.15, 0.2) is 5.16 Å². The van der Waals surface area contributed by atoms with Crippen LogP contribution < -0.4 is 10.2 Å². The Labute approximate surface area is 176 Å². The first-order valence-electron chi connectivity index (χ1n) is 10.4. The molecule has 3 heterocycles. The van der Waals surface area contributed by atoms with Crippen molar-refractivity contribution in [3.63, 3.8) is 0 Å². The highest BCUT2D eigenvalue weighted by molar-refractivity contribution is 8.00. The number of ether oxygens (including phenoxy) is 1. The Bertz CT molecular complexity index is 743. The molecule has 0 spiro atoms. The van der Waals surface area contributed by atoms with Gasteiger partial charge in [-0.05, 0) is 51.7 Å². The van der Waals surface area contributed by atoms with Crippen molar-refractivity contribution < 1.29 is 13.9 Å². The van der Waals surface area contributed by atoms with Gasteiger partial charge in [-0.15, -0.1) is 10.2 Å². The van der Waals surface area contributed by atoms with Gasteiger partial charge in [-0.3, -0.25) is 9.36 Å². The van der Waals surface area contributed by atoms with E-state index in [-0.39, 0.29) is 11.2 Å². The van der Waals surface area contributed by atoms with Crippen molar-refractivity contribution in [2.45, 2.75) is 56.5 Å². The lowest BCUT2D eigenvalue weighted by Gasteiger charge is -2.27. The molecule has 0 aliphatic carbocycles. The molecule has 0 bridgehead atoms. The van der Waals surface area contributed by atoms with E-state index in [0.29, 0.717) is 26.3 Å². The molecule has 1 fully saturated rings. The van der Waals surface area contributed by atoms with Crippen molar-refractivity contribution in [1.82, 2.24) is 20.1 Å². The highest BCUT2D eigenvalue weighted by atomic mass is 32.2. The van der Waals surface area contributed by atoms with Crippen LogP contribution in [-0.2, 0) is 16.1 Å². The second-order valence-corrected chi connectivity index (χ2v) is 8.41. The molecule has 1 unspecified atom stereocenters. The number of furan rings is 1. The summed E-state index contributed by atoms with van der Waals surface area (Å²) in [5.41, 5.74) is 0. The summed E-state index contributed by atoms with van der Waals surface area (Å²) >= 11 is 1.43. The number of amides is 1. The van der Waals surface area contributed by atoms with Crippen LogP contribution in [0.4, 0.5) is 5.95 Å². The molecule has 0 aromatic carbocycles. The predicted octanol–water partition coefficient (Wildman–Crippen LogP) is 2.93. The fraction of sp³-hybridized carbons (Fsp3) is 0.650. The van der Waals surface area contributed by atoms with Crippen LogP contribution in [0.5, 0.6) is 0 Å². The lowest BCUT2D eigenvalue weighted by molar-refractivity contribution is -0.120. The Morgan fingerprint density at radius 3 is 2.90 bits per heavy atom. The summed E-state index contributed by atoms with van der Waals surface area (Å²) in [6, 6.07) is 3.83. The maximum Gasteiger partial charge on any atom is 0.233 e. The average molecular weight is 422 g/mol. The maximum absolute atomic E-state index is 12.5. The number of aromatic nitrogens is 3. The molecule has 1 N–H and O–H groups in total. The summed E-state index contributed by atoms with van der Waals surface area (Å²) in [7, 11) is 0. The van der Waals surface area contributed by atoms with Gasteiger partial charge >= 0.3 is 0 Å². The van der Waals surface area contributed by atoms with Crippen molar-refractivity contribution in [2.75, 3.05) is 37.7 Å². The quantitative estimate of drug-likeness (QED) is 0.441. The molecular weight excluding hydrogens is 390 g/mol. The first kappa shape index (κ1) is 21.7. The number of piperidine rings is 1. The Hall–Kier alpha value is -2.00. The molecule has 3 rings (SSSR count). The largest absolute Gasteiger partial charge is 0.467 e. The minimum atomic E-state index is -0.268. The fourth-order valence-electron chi connectivity index (χ4n) is 3.28. The van der Waals surface area contributed by atoms with Gasteiger partial charge in [-0.25, -0.2) is 0 Å². The van der Waals surface area contributed by atoms with E-state index in [0.717, 1.165) is 49.2 Å². The minimum absolute atomic E-state index is 0.00132. The molecule has 160 valence electrons. The highest BCUT2D eigenvalue weighted by Gasteiger charge is 2.24. The molecule has 2 aromatic heterocycles. The summed E-state index contributed by atoms with van der Waals surface area (Å²) in [5.74, 6) is 1.70. The van der Waals surface area contributed by atoms with Crippen LogP contribution in [0.25, 0.3) is 0 Å². The number of anilines is 1. The zero-order valence-electron chi connectivity index (χ0n) is 17.3. The molecule has 0 saturated carbocycles. The molecule has 0 radical (unpaired) electrons. The minimum Gasteiger partial charge on any atom is -0.467 e. The van der Waals surface area contributed by atoms with E-state index in [9.17, 15) is 4.79 Å². The summed E-state index contributed by atoms with van der Waals surface area (Å²) in [6.45, 7) is 8.36. The van der Waals surface area contributed by atoms with Crippen molar-refractivity contribution in [3.8, 4) is 0 Å². The second kappa shape index (κ2) is 11.3. The van der Waals surface area contributed by atoms with E-state index < -0.39 is 0 Å². The van der Waals surface area contributed by atoms with Crippen molar-refractivity contribution in [1.29, 1.82) is 0 Å². The molecule has 1 aliphatic heterocycles. The van der Waals surface area contributed by atoms with Gasteiger partial charge in [-0.2, -0.15) is 0 Å². The first-order valence-corrected chi connectivity index (χ1v) is 11.3. The Balaban J connectivity index is 1.65. The molecule has 1 atom stereocenters. The Kier molecular flexibility index (Phi) is 8.42. The van der Waals surface area contributed by atoms with Crippen LogP contribution in [0.2, 0.25) is 0 Å². The molecule has 2 aromatic rings. The van der Waals surface area contributed by atoms with E-state index in [1.54, 1.807) is 6.26 Å². The SMILES string of the molecule is CCOCCCNC(=O)C(C)Sc1nnc(N2CCCCC2)n1Cc1ccco1. The summed E-state index contributed by atoms with van der Waals surface area (Å²) in [6.07, 6.45) is 6.06. The molecule has 1 saturated heterocycles. The molecule has 1 aliphatic rings. The second-order valence-electron chi connectivity index (χ2n) is 7.10. The number of carbonyl (C=O) groups is 1. The topological polar surface area (TPSA) is 85.4 Å². The fourth-order valence-corrected chi connectivity index (χ4v) is 4.15. The van der Waals surface area contributed by atoms with Crippen LogP contribution in [-0.4, -0.2) is 58.8 Å². The van der Waals surface area contributed by atoms with E-state index in [1.165, 1.54) is 18.2 Å². The number of rotatable bonds is 11. The summed E-state index contributed by atoms with van der Waals surface area (Å²) in [4.78, 5) is 14.7. The van der Waals surface area contributed by atoms with Gasteiger partial charge in [-0.1, -0.05) is 11.8 Å². The smallest absolute Gasteiger partial charge is 0.233 e. The summed E-state index contributed by atoms with van der Waals surface area (Å²) < 4.78 is 12.9. The van der Waals surface area contributed by atoms with Gasteiger partial charge in [0, 0.05) is 32.8 Å². The van der Waals surface area contributed by atoms with Gasteiger partial charge in [0.1, 0.15) is 5.76 Å². The van der Waals surface area contributed by atoms with Gasteiger partial charge in [0.25, 0.3) is 0 Å². The van der Waals surface area contributed by atoms with Gasteiger partial charge in [0.2, 0.25) is 11.9 Å². The Morgan fingerprint density at radius 2 is 2.17 bits per heavy atom. The van der Waals surface area contributed by atoms with Crippen LogP contribution in [0.15, 0.2) is 28.0 Å². The lowest BCUT2D eigenvalue weighted by Crippen LogP contribution is -2.33. The maximum atomic E-state index is 12.5. The number of hydrogen-bond acceptors (Lipinski definition) is 7. The standard InChI is InChI=1S/C20H31N5O3S/c1-3-27-13-8-10-21-18(26)16(2)29-20-23-22-19(24-11-5-4-6-12-24)25(20)15-17-9-7-14-28-17/h7,9,14,16H,3-6,8,10-13,15H2,1-2H3,(H,21,26). The third-order valence-corrected chi connectivity index (χ3v) is 5.93. The van der Waals surface area contributed by atoms with E-state index in [4.69, 9.17) is 9.15 Å². The lowest BCUT2D eigenvalue weighted by atomic mass is 10.1. The number of carbonyl (C=O) groups excluding carboxylic acids is 1. The van der Waals surface area contributed by atoms with Crippen molar-refractivity contribution in [3.05, 3.63) is 24.2 Å². The van der Waals surface area contributed by atoms with Gasteiger partial charge in [0.05, 0.1) is 18.1 Å². The Morgan fingerprint density at radius 1 is 1.34 bits per heavy atom.